The highest BCUT2D eigenvalue weighted by atomic mass is 32.3. The second-order valence-corrected chi connectivity index (χ2v) is 10.1. The van der Waals surface area contributed by atoms with Gasteiger partial charge in [0, 0.05) is 0 Å². The lowest BCUT2D eigenvalue weighted by atomic mass is 11.7. The van der Waals surface area contributed by atoms with Crippen LogP contribution in [-0.4, -0.2) is 41.9 Å². The monoisotopic (exact) mass is 204 g/mol. The number of hydrogen-bond donors (Lipinski definition) is 1. The van der Waals surface area contributed by atoms with Crippen molar-refractivity contribution in [3.63, 3.8) is 0 Å². The van der Waals surface area contributed by atoms with E-state index in [-0.39, 0.29) is 0 Å². The molecule has 0 unspecified atom stereocenters. The van der Waals surface area contributed by atoms with Crippen LogP contribution in [0.25, 0.3) is 0 Å². The maximum absolute atomic E-state index is 11.3. The van der Waals surface area contributed by atoms with Gasteiger partial charge in [-0.05, 0) is 18.8 Å². The molecule has 0 aliphatic heterocycles. The molecule has 0 aromatic rings. The minimum Gasteiger partial charge on any atom is -0.281 e. The van der Waals surface area contributed by atoms with Crippen molar-refractivity contribution in [1.29, 1.82) is 0 Å². The van der Waals surface area contributed by atoms with E-state index in [1.165, 1.54) is 18.8 Å². The van der Waals surface area contributed by atoms with Gasteiger partial charge in [0.25, 0.3) is 0 Å². The molecule has 0 bridgehead atoms. The predicted octanol–water partition coefficient (Wildman–Crippen LogP) is -0.527. The van der Waals surface area contributed by atoms with Gasteiger partial charge in [-0.1, -0.05) is 9.07 Å². The van der Waals surface area contributed by atoms with Crippen LogP contribution in [-0.2, 0) is 23.6 Å². The molecule has 0 aromatic heterocycles. The lowest BCUT2D eigenvalue weighted by Crippen LogP contribution is -2.33. The second kappa shape index (κ2) is 2.51. The molecule has 0 rings (SSSR count). The summed E-state index contributed by atoms with van der Waals surface area (Å²) in [6.07, 6.45) is 4.13. The third-order valence-electron chi connectivity index (χ3n) is 0.599. The minimum absolute atomic E-state index is 0.490. The van der Waals surface area contributed by atoms with E-state index in [1.807, 2.05) is 0 Å². The summed E-state index contributed by atoms with van der Waals surface area (Å²) in [5, 5.41) is 0. The molecule has 0 aliphatic rings. The molecule has 0 spiro atoms. The van der Waals surface area contributed by atoms with Gasteiger partial charge in [0.1, 0.15) is 5.94 Å². The van der Waals surface area contributed by atoms with E-state index in [0.29, 0.717) is 0 Å². The third kappa shape index (κ3) is 10.0. The average molecular weight is 204 g/mol. The molecular weight excluding hydrogens is 192 g/mol. The highest BCUT2D eigenvalue weighted by molar-refractivity contribution is 8.18. The van der Waals surface area contributed by atoms with Gasteiger partial charge in [-0.25, -0.2) is 4.18 Å². The highest BCUT2D eigenvalue weighted by Crippen LogP contribution is 2.12. The molecule has 1 N–H and O–H groups in total. The smallest absolute Gasteiger partial charge is 0.281 e. The summed E-state index contributed by atoms with van der Waals surface area (Å²) in [6.45, 7) is 0. The van der Waals surface area contributed by atoms with Crippen LogP contribution < -0.4 is 0 Å². The lowest BCUT2D eigenvalue weighted by Gasteiger charge is -2.26. The first-order chi connectivity index (χ1) is 4.46. The van der Waals surface area contributed by atoms with Gasteiger partial charge in [-0.2, -0.15) is 8.42 Å². The zero-order valence-electron chi connectivity index (χ0n) is 6.60. The van der Waals surface area contributed by atoms with Crippen molar-refractivity contribution in [2.75, 3.05) is 24.7 Å². The first-order valence-corrected chi connectivity index (χ1v) is 7.38. The Morgan fingerprint density at radius 1 is 1.36 bits per heavy atom. The van der Waals surface area contributed by atoms with Crippen LogP contribution in [0, 0.1) is 0 Å². The van der Waals surface area contributed by atoms with E-state index in [0.717, 1.165) is 0 Å². The first-order valence-electron chi connectivity index (χ1n) is 2.65. The maximum Gasteiger partial charge on any atom is 0.398 e. The molecule has 0 aromatic carbocycles. The molecule has 0 radical (unpaired) electrons. The van der Waals surface area contributed by atoms with Crippen LogP contribution in [0.4, 0.5) is 0 Å². The molecule has 0 aliphatic carbocycles. The topological polar surface area (TPSA) is 80.7 Å². The molecule has 0 amide bonds. The number of rotatable bonds is 3. The van der Waals surface area contributed by atoms with Crippen molar-refractivity contribution in [3.05, 3.63) is 0 Å². The Bertz CT molecular complexity index is 283. The Morgan fingerprint density at radius 2 is 1.73 bits per heavy atom. The van der Waals surface area contributed by atoms with Gasteiger partial charge in [0.05, 0.1) is 0 Å². The average Bonchev–Trinajstić information content (AvgIpc) is 1.55. The van der Waals surface area contributed by atoms with Crippen molar-refractivity contribution in [1.82, 2.24) is 0 Å². The third-order valence-corrected chi connectivity index (χ3v) is 2.08. The van der Waals surface area contributed by atoms with Crippen molar-refractivity contribution in [3.8, 4) is 0 Å². The van der Waals surface area contributed by atoms with Crippen LogP contribution in [0.3, 0.4) is 0 Å². The summed E-state index contributed by atoms with van der Waals surface area (Å²) in [4.78, 5) is 0. The highest BCUT2D eigenvalue weighted by Gasteiger charge is 2.21. The molecule has 11 heavy (non-hydrogen) atoms. The fourth-order valence-corrected chi connectivity index (χ4v) is 2.02. The van der Waals surface area contributed by atoms with E-state index in [1.54, 1.807) is 0 Å². The van der Waals surface area contributed by atoms with Crippen molar-refractivity contribution >= 4 is 19.5 Å². The molecule has 0 atom stereocenters. The second-order valence-electron chi connectivity index (χ2n) is 3.37. The quantitative estimate of drug-likeness (QED) is 0.625. The number of hydrogen-bond acceptors (Lipinski definition) is 4. The van der Waals surface area contributed by atoms with Gasteiger partial charge < -0.3 is 0 Å². The molecule has 7 heteroatoms. The van der Waals surface area contributed by atoms with E-state index < -0.39 is 25.4 Å². The summed E-state index contributed by atoms with van der Waals surface area (Å²) in [5.74, 6) is -0.490. The van der Waals surface area contributed by atoms with Gasteiger partial charge in [-0.15, -0.1) is 0 Å². The molecule has 0 heterocycles. The van der Waals surface area contributed by atoms with Gasteiger partial charge in [-0.3, -0.25) is 8.76 Å². The molecule has 0 fully saturated rings. The first kappa shape index (κ1) is 11.0. The summed E-state index contributed by atoms with van der Waals surface area (Å²) in [7, 11) is -7.47. The largest absolute Gasteiger partial charge is 0.398 e. The van der Waals surface area contributed by atoms with E-state index in [4.69, 9.17) is 4.55 Å². The van der Waals surface area contributed by atoms with Gasteiger partial charge >= 0.3 is 10.4 Å². The van der Waals surface area contributed by atoms with Crippen LogP contribution in [0.15, 0.2) is 0 Å². The molecular formula is C4H12O5S2. The lowest BCUT2D eigenvalue weighted by molar-refractivity contribution is 0.307. The van der Waals surface area contributed by atoms with Gasteiger partial charge in [0.2, 0.25) is 0 Å². The summed E-state index contributed by atoms with van der Waals surface area (Å²) < 4.78 is 43.5. The van der Waals surface area contributed by atoms with Crippen LogP contribution in [0.5, 0.6) is 0 Å². The molecule has 0 saturated heterocycles. The Kier molecular flexibility index (Phi) is 2.52. The van der Waals surface area contributed by atoms with E-state index >= 15 is 0 Å². The fraction of sp³-hybridized carbons (Fsp3) is 1.00. The fourth-order valence-electron chi connectivity index (χ4n) is 0.225. The summed E-state index contributed by atoms with van der Waals surface area (Å²) in [6, 6.07) is 0. The van der Waals surface area contributed by atoms with Crippen molar-refractivity contribution < 1.29 is 21.4 Å². The Morgan fingerprint density at radius 3 is 1.82 bits per heavy atom. The van der Waals surface area contributed by atoms with Crippen LogP contribution >= 0.6 is 0 Å². The Hall–Kier alpha value is 0.0200. The predicted molar refractivity (Wildman–Crippen MR) is 43.4 cm³/mol. The Labute approximate surface area is 66.1 Å². The maximum atomic E-state index is 11.3. The van der Waals surface area contributed by atoms with Crippen LogP contribution in [0.1, 0.15) is 0 Å². The minimum atomic E-state index is -4.47. The zero-order chi connectivity index (χ0) is 9.36. The standard InChI is InChI=1S/C4H12O5S2/c1-11(2,3,8)4-9-10(5,6)7/h4H2,1-3H3,(H,5,6,7). The SMILES string of the molecule is CS(C)(C)(=O)COS(=O)(=O)O. The molecule has 5 nitrogen and oxygen atoms in total. The van der Waals surface area contributed by atoms with Crippen LogP contribution in [0.2, 0.25) is 0 Å². The molecule has 0 saturated carbocycles. The normalized spacial score (nSPS) is 17.3. The van der Waals surface area contributed by atoms with E-state index in [9.17, 15) is 12.6 Å². The zero-order valence-corrected chi connectivity index (χ0v) is 8.24. The molecule has 70 valence electrons. The van der Waals surface area contributed by atoms with E-state index in [2.05, 4.69) is 4.18 Å². The van der Waals surface area contributed by atoms with Crippen molar-refractivity contribution in [2.24, 2.45) is 0 Å². The van der Waals surface area contributed by atoms with Gasteiger partial charge in [0.15, 0.2) is 0 Å². The summed E-state index contributed by atoms with van der Waals surface area (Å²) in [5.41, 5.74) is 0. The summed E-state index contributed by atoms with van der Waals surface area (Å²) >= 11 is 0. The Balaban J connectivity index is 4.26. The van der Waals surface area contributed by atoms with Crippen molar-refractivity contribution in [2.45, 2.75) is 0 Å².